The van der Waals surface area contributed by atoms with Crippen LogP contribution in [0.3, 0.4) is 0 Å². The van der Waals surface area contributed by atoms with Gasteiger partial charge in [-0.2, -0.15) is 0 Å². The summed E-state index contributed by atoms with van der Waals surface area (Å²) in [7, 11) is 3.17. The molecule has 0 fully saturated rings. The van der Waals surface area contributed by atoms with Gasteiger partial charge in [0, 0.05) is 12.1 Å². The molecule has 0 saturated carbocycles. The third-order valence-electron chi connectivity index (χ3n) is 5.91. The van der Waals surface area contributed by atoms with Gasteiger partial charge < -0.3 is 19.1 Å². The molecule has 0 atom stereocenters. The number of hydrogen-bond acceptors (Lipinski definition) is 5. The number of esters is 1. The second-order valence-corrected chi connectivity index (χ2v) is 8.84. The molecule has 0 unspecified atom stereocenters. The minimum Gasteiger partial charge on any atom is -0.493 e. The molecule has 0 aromatic heterocycles. The summed E-state index contributed by atoms with van der Waals surface area (Å²) in [6.45, 7) is 6.09. The number of hydrogen-bond donors (Lipinski definition) is 0. The number of carbonyl (C=O) groups is 2. The summed E-state index contributed by atoms with van der Waals surface area (Å²) in [6.07, 6.45) is 0.219. The fourth-order valence-electron chi connectivity index (χ4n) is 3.98. The maximum Gasteiger partial charge on any atom is 0.315 e. The number of carbonyl (C=O) groups excluding carboxylic acids is 2. The zero-order valence-corrected chi connectivity index (χ0v) is 21.6. The molecular weight excluding hydrogens is 454 g/mol. The molecule has 1 amide bonds. The Hall–Kier alpha value is -3.98. The van der Waals surface area contributed by atoms with Gasteiger partial charge in [-0.25, -0.2) is 0 Å². The van der Waals surface area contributed by atoms with Crippen molar-refractivity contribution in [1.82, 2.24) is 4.90 Å². The lowest BCUT2D eigenvalue weighted by atomic mass is 9.99. The second kappa shape index (κ2) is 12.1. The van der Waals surface area contributed by atoms with Gasteiger partial charge in [-0.3, -0.25) is 9.59 Å². The molecule has 188 valence electrons. The molecule has 0 radical (unpaired) electrons. The number of benzene rings is 3. The van der Waals surface area contributed by atoms with Crippen molar-refractivity contribution < 1.29 is 23.8 Å². The Balaban J connectivity index is 1.86. The summed E-state index contributed by atoms with van der Waals surface area (Å²) in [5, 5.41) is 2.24. The van der Waals surface area contributed by atoms with Gasteiger partial charge in [0.15, 0.2) is 11.5 Å². The molecule has 0 bridgehead atoms. The van der Waals surface area contributed by atoms with Crippen LogP contribution in [-0.2, 0) is 20.7 Å². The monoisotopic (exact) mass is 487 g/mol. The fourth-order valence-corrected chi connectivity index (χ4v) is 3.98. The number of rotatable bonds is 9. The van der Waals surface area contributed by atoms with Crippen LogP contribution in [0.4, 0.5) is 0 Å². The normalized spacial score (nSPS) is 10.8. The van der Waals surface area contributed by atoms with Crippen LogP contribution in [-0.4, -0.2) is 49.7 Å². The van der Waals surface area contributed by atoms with Gasteiger partial charge in [0.1, 0.15) is 6.42 Å². The first-order valence-corrected chi connectivity index (χ1v) is 12.0. The van der Waals surface area contributed by atoms with E-state index in [1.807, 2.05) is 68.4 Å². The van der Waals surface area contributed by atoms with E-state index >= 15 is 0 Å². The number of amides is 1. The zero-order chi connectivity index (χ0) is 26.1. The molecule has 3 rings (SSSR count). The van der Waals surface area contributed by atoms with E-state index in [1.54, 1.807) is 26.0 Å². The minimum absolute atomic E-state index is 0.225. The highest BCUT2D eigenvalue weighted by molar-refractivity contribution is 5.94. The van der Waals surface area contributed by atoms with Gasteiger partial charge in [0.2, 0.25) is 5.91 Å². The molecule has 6 nitrogen and oxygen atoms in total. The molecule has 0 spiro atoms. The van der Waals surface area contributed by atoms with Gasteiger partial charge >= 0.3 is 5.97 Å². The van der Waals surface area contributed by atoms with E-state index in [0.717, 1.165) is 21.9 Å². The Morgan fingerprint density at radius 1 is 0.917 bits per heavy atom. The van der Waals surface area contributed by atoms with E-state index in [9.17, 15) is 9.59 Å². The molecule has 3 aromatic carbocycles. The minimum atomic E-state index is -0.828. The second-order valence-electron chi connectivity index (χ2n) is 8.84. The first-order valence-electron chi connectivity index (χ1n) is 12.0. The smallest absolute Gasteiger partial charge is 0.315 e. The molecule has 6 heteroatoms. The number of nitrogens with zero attached hydrogens (tertiary/aromatic N) is 1. The van der Waals surface area contributed by atoms with Crippen molar-refractivity contribution in [2.24, 2.45) is 0 Å². The van der Waals surface area contributed by atoms with Crippen molar-refractivity contribution in [1.29, 1.82) is 0 Å². The number of fused-ring (bicyclic) bond motifs is 1. The average Bonchev–Trinajstić information content (AvgIpc) is 2.87. The van der Waals surface area contributed by atoms with Crippen LogP contribution in [0.5, 0.6) is 11.5 Å². The molecule has 0 aliphatic heterocycles. The van der Waals surface area contributed by atoms with Crippen LogP contribution in [0.15, 0.2) is 60.7 Å². The highest BCUT2D eigenvalue weighted by Crippen LogP contribution is 2.28. The van der Waals surface area contributed by atoms with Crippen molar-refractivity contribution in [3.05, 3.63) is 71.8 Å². The van der Waals surface area contributed by atoms with Crippen molar-refractivity contribution in [3.63, 3.8) is 0 Å². The van der Waals surface area contributed by atoms with Gasteiger partial charge in [0.05, 0.1) is 26.4 Å². The van der Waals surface area contributed by atoms with Gasteiger partial charge in [-0.1, -0.05) is 48.2 Å². The van der Waals surface area contributed by atoms with Crippen LogP contribution in [0, 0.1) is 11.8 Å². The van der Waals surface area contributed by atoms with Gasteiger partial charge in [0.25, 0.3) is 0 Å². The van der Waals surface area contributed by atoms with E-state index < -0.39 is 11.5 Å². The Bertz CT molecular complexity index is 1290. The molecule has 3 aromatic rings. The molecule has 36 heavy (non-hydrogen) atoms. The van der Waals surface area contributed by atoms with Crippen LogP contribution in [0.1, 0.15) is 38.3 Å². The third-order valence-corrected chi connectivity index (χ3v) is 5.91. The van der Waals surface area contributed by atoms with E-state index in [0.29, 0.717) is 24.5 Å². The molecular formula is C30H33NO5. The van der Waals surface area contributed by atoms with Crippen molar-refractivity contribution >= 4 is 22.6 Å². The summed E-state index contributed by atoms with van der Waals surface area (Å²) in [4.78, 5) is 26.9. The van der Waals surface area contributed by atoms with Crippen LogP contribution in [0.25, 0.3) is 10.8 Å². The molecule has 0 N–H and O–H groups in total. The first-order chi connectivity index (χ1) is 17.3. The topological polar surface area (TPSA) is 65.1 Å². The predicted molar refractivity (Wildman–Crippen MR) is 141 cm³/mol. The highest BCUT2D eigenvalue weighted by Gasteiger charge is 2.30. The Labute approximate surface area is 213 Å². The SMILES string of the molecule is CCOC(=O)CC(=O)N(CCc1ccc(OC)c(OC)c1)C(C)(C)C#Cc1ccc2ccccc2c1. The van der Waals surface area contributed by atoms with E-state index in [-0.39, 0.29) is 18.9 Å². The van der Waals surface area contributed by atoms with Crippen molar-refractivity contribution in [2.45, 2.75) is 39.2 Å². The summed E-state index contributed by atoms with van der Waals surface area (Å²) in [5.74, 6) is 6.87. The lowest BCUT2D eigenvalue weighted by Crippen LogP contribution is -2.48. The summed E-state index contributed by atoms with van der Waals surface area (Å²) in [6, 6.07) is 19.8. The zero-order valence-electron chi connectivity index (χ0n) is 21.6. The Morgan fingerprint density at radius 2 is 1.64 bits per heavy atom. The van der Waals surface area contributed by atoms with E-state index in [4.69, 9.17) is 14.2 Å². The van der Waals surface area contributed by atoms with Crippen molar-refractivity contribution in [3.8, 4) is 23.3 Å². The summed E-state index contributed by atoms with van der Waals surface area (Å²) < 4.78 is 15.7. The predicted octanol–water partition coefficient (Wildman–Crippen LogP) is 5.01. The molecule has 0 aliphatic carbocycles. The maximum absolute atomic E-state index is 13.2. The molecule has 0 heterocycles. The van der Waals surface area contributed by atoms with Crippen LogP contribution >= 0.6 is 0 Å². The maximum atomic E-state index is 13.2. The quantitative estimate of drug-likeness (QED) is 0.241. The molecule has 0 aliphatic rings. The number of ether oxygens (including phenoxy) is 3. The highest BCUT2D eigenvalue weighted by atomic mass is 16.5. The summed E-state index contributed by atoms with van der Waals surface area (Å²) >= 11 is 0. The standard InChI is InChI=1S/C30H33NO5/c1-6-36-29(33)21-28(32)31(18-16-23-12-14-26(34-4)27(20-23)35-5)30(2,3)17-15-22-11-13-24-9-7-8-10-25(24)19-22/h7-14,19-20H,6,16,18,21H2,1-5H3. The first kappa shape index (κ1) is 26.6. The Kier molecular flexibility index (Phi) is 8.97. The Morgan fingerprint density at radius 3 is 2.33 bits per heavy atom. The van der Waals surface area contributed by atoms with E-state index in [2.05, 4.69) is 17.9 Å². The van der Waals surface area contributed by atoms with Gasteiger partial charge in [-0.15, -0.1) is 0 Å². The van der Waals surface area contributed by atoms with Crippen LogP contribution in [0.2, 0.25) is 0 Å². The van der Waals surface area contributed by atoms with Crippen molar-refractivity contribution in [2.75, 3.05) is 27.4 Å². The lowest BCUT2D eigenvalue weighted by Gasteiger charge is -2.35. The van der Waals surface area contributed by atoms with Gasteiger partial charge in [-0.05, 0) is 67.8 Å². The largest absolute Gasteiger partial charge is 0.493 e. The average molecular weight is 488 g/mol. The van der Waals surface area contributed by atoms with Crippen LogP contribution < -0.4 is 9.47 Å². The lowest BCUT2D eigenvalue weighted by molar-refractivity contribution is -0.149. The summed E-state index contributed by atoms with van der Waals surface area (Å²) in [5.41, 5.74) is 1.01. The fraction of sp³-hybridized carbons (Fsp3) is 0.333. The van der Waals surface area contributed by atoms with E-state index in [1.165, 1.54) is 0 Å². The third kappa shape index (κ3) is 6.79. The number of methoxy groups -OCH3 is 2. The molecule has 0 saturated heterocycles.